The van der Waals surface area contributed by atoms with Crippen molar-refractivity contribution in [1.29, 1.82) is 0 Å². The minimum Gasteiger partial charge on any atom is -0.508 e. The zero-order valence-electron chi connectivity index (χ0n) is 11.2. The van der Waals surface area contributed by atoms with Crippen LogP contribution in [-0.2, 0) is 0 Å². The van der Waals surface area contributed by atoms with Gasteiger partial charge in [-0.05, 0) is 37.3 Å². The molecule has 0 saturated carbocycles. The number of hydrogen-bond donors (Lipinski definition) is 3. The summed E-state index contributed by atoms with van der Waals surface area (Å²) in [6.07, 6.45) is 0. The van der Waals surface area contributed by atoms with Crippen LogP contribution in [-0.4, -0.2) is 21.9 Å². The fraction of sp³-hybridized carbons (Fsp3) is 0.0667. The van der Waals surface area contributed by atoms with E-state index in [1.807, 2.05) is 6.07 Å². The maximum atomic E-state index is 11.0. The Balaban J connectivity index is 2.21. The zero-order valence-corrected chi connectivity index (χ0v) is 11.9. The second-order valence-corrected chi connectivity index (χ2v) is 4.77. The minimum atomic E-state index is -1.10. The first-order valence-electron chi connectivity index (χ1n) is 6.10. The van der Waals surface area contributed by atoms with Gasteiger partial charge in [0.15, 0.2) is 0 Å². The topological polar surface area (TPSA) is 81.9 Å². The van der Waals surface area contributed by atoms with Crippen molar-refractivity contribution in [3.05, 3.63) is 58.6 Å². The summed E-state index contributed by atoms with van der Waals surface area (Å²) in [5.41, 5.74) is 4.70. The second-order valence-electron chi connectivity index (χ2n) is 4.36. The zero-order chi connectivity index (χ0) is 15.4. The third-order valence-electron chi connectivity index (χ3n) is 2.81. The standard InChI is InChI=1S/C15H13ClN2O3/c1-9(10-3-2-4-12(19)7-10)17-18-11-5-6-14(16)13(8-11)15(20)21/h2-8,18-19H,1H3,(H,20,21)/b17-9+. The number of hydrogen-bond acceptors (Lipinski definition) is 4. The third kappa shape index (κ3) is 3.73. The molecule has 0 fully saturated rings. The van der Waals surface area contributed by atoms with Crippen LogP contribution in [0.4, 0.5) is 5.69 Å². The number of halogens is 1. The van der Waals surface area contributed by atoms with Gasteiger partial charge in [0.05, 0.1) is 22.0 Å². The molecule has 3 N–H and O–H groups in total. The molecule has 2 aromatic rings. The lowest BCUT2D eigenvalue weighted by molar-refractivity contribution is 0.0697. The van der Waals surface area contributed by atoms with Crippen molar-refractivity contribution in [3.8, 4) is 5.75 Å². The summed E-state index contributed by atoms with van der Waals surface area (Å²) in [5.74, 6) is -0.945. The average molecular weight is 305 g/mol. The number of hydrazone groups is 1. The van der Waals surface area contributed by atoms with Crippen LogP contribution >= 0.6 is 11.6 Å². The lowest BCUT2D eigenvalue weighted by Gasteiger charge is -2.06. The quantitative estimate of drug-likeness (QED) is 0.595. The Bertz CT molecular complexity index is 714. The molecule has 0 radical (unpaired) electrons. The second kappa shape index (κ2) is 6.28. The van der Waals surface area contributed by atoms with E-state index in [9.17, 15) is 9.90 Å². The number of anilines is 1. The van der Waals surface area contributed by atoms with Crippen molar-refractivity contribution in [2.24, 2.45) is 5.10 Å². The third-order valence-corrected chi connectivity index (χ3v) is 3.14. The number of aromatic carboxylic acids is 1. The summed E-state index contributed by atoms with van der Waals surface area (Å²) in [6.45, 7) is 1.77. The summed E-state index contributed by atoms with van der Waals surface area (Å²) in [4.78, 5) is 11.0. The number of nitrogens with one attached hydrogen (secondary N) is 1. The van der Waals surface area contributed by atoms with E-state index in [1.165, 1.54) is 12.1 Å². The van der Waals surface area contributed by atoms with Gasteiger partial charge in [-0.25, -0.2) is 4.79 Å². The van der Waals surface area contributed by atoms with E-state index < -0.39 is 5.97 Å². The highest BCUT2D eigenvalue weighted by Crippen LogP contribution is 2.21. The van der Waals surface area contributed by atoms with Crippen LogP contribution in [0.1, 0.15) is 22.8 Å². The van der Waals surface area contributed by atoms with E-state index in [4.69, 9.17) is 16.7 Å². The number of phenols is 1. The van der Waals surface area contributed by atoms with Crippen molar-refractivity contribution in [1.82, 2.24) is 0 Å². The molecule has 0 spiro atoms. The Kier molecular flexibility index (Phi) is 4.45. The predicted octanol–water partition coefficient (Wildman–Crippen LogP) is 3.58. The van der Waals surface area contributed by atoms with Gasteiger partial charge in [0.2, 0.25) is 0 Å². The molecule has 0 amide bonds. The van der Waals surface area contributed by atoms with Gasteiger partial charge in [-0.2, -0.15) is 5.10 Å². The highest BCUT2D eigenvalue weighted by molar-refractivity contribution is 6.33. The number of rotatable bonds is 4. The lowest BCUT2D eigenvalue weighted by atomic mass is 10.1. The largest absolute Gasteiger partial charge is 0.508 e. The van der Waals surface area contributed by atoms with Crippen molar-refractivity contribution in [2.45, 2.75) is 6.92 Å². The summed E-state index contributed by atoms with van der Waals surface area (Å²) >= 11 is 5.80. The number of carboxylic acid groups (broad SMARTS) is 1. The normalized spacial score (nSPS) is 11.2. The predicted molar refractivity (Wildman–Crippen MR) is 82.4 cm³/mol. The molecule has 0 saturated heterocycles. The van der Waals surface area contributed by atoms with Gasteiger partial charge in [0.25, 0.3) is 0 Å². The van der Waals surface area contributed by atoms with E-state index in [-0.39, 0.29) is 16.3 Å². The summed E-state index contributed by atoms with van der Waals surface area (Å²) in [6, 6.07) is 11.2. The van der Waals surface area contributed by atoms with Crippen LogP contribution in [0.25, 0.3) is 0 Å². The van der Waals surface area contributed by atoms with Gasteiger partial charge >= 0.3 is 5.97 Å². The molecule has 0 aliphatic carbocycles. The molecular weight excluding hydrogens is 292 g/mol. The molecule has 0 atom stereocenters. The first-order valence-corrected chi connectivity index (χ1v) is 6.47. The molecule has 2 aromatic carbocycles. The number of carboxylic acids is 1. The molecule has 5 nitrogen and oxygen atoms in total. The highest BCUT2D eigenvalue weighted by atomic mass is 35.5. The SMILES string of the molecule is C/C(=N\Nc1ccc(Cl)c(C(=O)O)c1)c1cccc(O)c1. The van der Waals surface area contributed by atoms with E-state index in [2.05, 4.69) is 10.5 Å². The van der Waals surface area contributed by atoms with Crippen LogP contribution in [0.5, 0.6) is 5.75 Å². The van der Waals surface area contributed by atoms with Crippen molar-refractivity contribution in [2.75, 3.05) is 5.43 Å². The van der Waals surface area contributed by atoms with Crippen LogP contribution in [0.2, 0.25) is 5.02 Å². The molecule has 0 aliphatic heterocycles. The van der Waals surface area contributed by atoms with E-state index in [1.54, 1.807) is 31.2 Å². The van der Waals surface area contributed by atoms with Gasteiger partial charge in [0, 0.05) is 5.56 Å². The molecular formula is C15H13ClN2O3. The maximum absolute atomic E-state index is 11.0. The molecule has 0 unspecified atom stereocenters. The van der Waals surface area contributed by atoms with Gasteiger partial charge in [-0.1, -0.05) is 23.7 Å². The smallest absolute Gasteiger partial charge is 0.337 e. The summed E-state index contributed by atoms with van der Waals surface area (Å²) in [5, 5.41) is 22.7. The highest BCUT2D eigenvalue weighted by Gasteiger charge is 2.09. The molecule has 21 heavy (non-hydrogen) atoms. The average Bonchev–Trinajstić information content (AvgIpc) is 2.45. The van der Waals surface area contributed by atoms with Crippen LogP contribution in [0, 0.1) is 0 Å². The van der Waals surface area contributed by atoms with Crippen molar-refractivity contribution >= 4 is 29.0 Å². The number of nitrogens with zero attached hydrogens (tertiary/aromatic N) is 1. The molecule has 0 bridgehead atoms. The fourth-order valence-electron chi connectivity index (χ4n) is 1.70. The van der Waals surface area contributed by atoms with Gasteiger partial charge in [-0.15, -0.1) is 0 Å². The number of carbonyl (C=O) groups is 1. The molecule has 0 aliphatic rings. The van der Waals surface area contributed by atoms with Crippen LogP contribution in [0.3, 0.4) is 0 Å². The van der Waals surface area contributed by atoms with Gasteiger partial charge in [-0.3, -0.25) is 5.43 Å². The number of benzene rings is 2. The Morgan fingerprint density at radius 1 is 1.24 bits per heavy atom. The van der Waals surface area contributed by atoms with Gasteiger partial charge in [0.1, 0.15) is 5.75 Å². The summed E-state index contributed by atoms with van der Waals surface area (Å²) < 4.78 is 0. The van der Waals surface area contributed by atoms with E-state index in [0.29, 0.717) is 11.4 Å². The Morgan fingerprint density at radius 2 is 2.00 bits per heavy atom. The maximum Gasteiger partial charge on any atom is 0.337 e. The molecule has 6 heteroatoms. The molecule has 108 valence electrons. The Hall–Kier alpha value is -2.53. The number of aromatic hydroxyl groups is 1. The van der Waals surface area contributed by atoms with Crippen LogP contribution < -0.4 is 5.43 Å². The first kappa shape index (κ1) is 14.9. The van der Waals surface area contributed by atoms with Gasteiger partial charge < -0.3 is 10.2 Å². The Morgan fingerprint density at radius 3 is 2.67 bits per heavy atom. The molecule has 0 aromatic heterocycles. The molecule has 0 heterocycles. The van der Waals surface area contributed by atoms with Crippen LogP contribution in [0.15, 0.2) is 47.6 Å². The molecule has 2 rings (SSSR count). The van der Waals surface area contributed by atoms with E-state index >= 15 is 0 Å². The monoisotopic (exact) mass is 304 g/mol. The first-order chi connectivity index (χ1) is 9.97. The Labute approximate surface area is 126 Å². The van der Waals surface area contributed by atoms with Crippen molar-refractivity contribution < 1.29 is 15.0 Å². The van der Waals surface area contributed by atoms with Crippen molar-refractivity contribution in [3.63, 3.8) is 0 Å². The minimum absolute atomic E-state index is 0.00637. The summed E-state index contributed by atoms with van der Waals surface area (Å²) in [7, 11) is 0. The van der Waals surface area contributed by atoms with E-state index in [0.717, 1.165) is 5.56 Å². The fourth-order valence-corrected chi connectivity index (χ4v) is 1.90. The lowest BCUT2D eigenvalue weighted by Crippen LogP contribution is -2.02. The number of phenolic OH excluding ortho intramolecular Hbond substituents is 1.